The Morgan fingerprint density at radius 1 is 0.897 bits per heavy atom. The number of nitrogens with one attached hydrogen (secondary N) is 1. The molecule has 7 heteroatoms. The van der Waals surface area contributed by atoms with Gasteiger partial charge in [0, 0.05) is 10.6 Å². The summed E-state index contributed by atoms with van der Waals surface area (Å²) in [5.74, 6) is 1.67. The molecule has 1 N–H and O–H groups in total. The lowest BCUT2D eigenvalue weighted by molar-refractivity contribution is 0.260. The van der Waals surface area contributed by atoms with Crippen LogP contribution in [0.5, 0.6) is 0 Å². The third-order valence-electron chi connectivity index (χ3n) is 4.64. The quantitative estimate of drug-likeness (QED) is 0.299. The van der Waals surface area contributed by atoms with E-state index < -0.39 is 0 Å². The lowest BCUT2D eigenvalue weighted by atomic mass is 10.2. The Morgan fingerprint density at radius 2 is 1.55 bits per heavy atom. The summed E-state index contributed by atoms with van der Waals surface area (Å²) in [5.41, 5.74) is 0.831. The molecule has 0 aliphatic heterocycles. The summed E-state index contributed by atoms with van der Waals surface area (Å²) < 4.78 is 5.92. The number of rotatable bonds is 13. The fourth-order valence-corrected chi connectivity index (χ4v) is 3.42. The third-order valence-corrected chi connectivity index (χ3v) is 5.20. The van der Waals surface area contributed by atoms with Crippen LogP contribution in [0, 0.1) is 0 Å². The van der Waals surface area contributed by atoms with Gasteiger partial charge in [-0.2, -0.15) is 0 Å². The molecule has 0 saturated carbocycles. The van der Waals surface area contributed by atoms with Gasteiger partial charge in [0.05, 0.1) is 11.6 Å². The second-order valence-electron chi connectivity index (χ2n) is 6.97. The van der Waals surface area contributed by atoms with Crippen molar-refractivity contribution in [3.63, 3.8) is 0 Å². The summed E-state index contributed by atoms with van der Waals surface area (Å²) >= 11 is 12.3. The molecular weight excluding hydrogens is 450 g/mol. The molecule has 0 aliphatic carbocycles. The van der Waals surface area contributed by atoms with Crippen molar-refractivity contribution in [2.24, 2.45) is 0 Å². The molecule has 0 spiro atoms. The third kappa shape index (κ3) is 10.4. The second-order valence-corrected chi connectivity index (χ2v) is 7.81. The average molecular weight is 484 g/mol. The normalized spacial score (nSPS) is 10.7. The summed E-state index contributed by atoms with van der Waals surface area (Å²) in [7, 11) is 0. The molecule has 0 bridgehead atoms. The van der Waals surface area contributed by atoms with E-state index in [2.05, 4.69) is 24.1 Å². The Bertz CT molecular complexity index is 671. The highest BCUT2D eigenvalue weighted by Crippen LogP contribution is 2.31. The largest absolute Gasteiger partial charge is 0.460 e. The van der Waals surface area contributed by atoms with Gasteiger partial charge in [0.15, 0.2) is 0 Å². The van der Waals surface area contributed by atoms with Crippen LogP contribution in [0.15, 0.2) is 34.7 Å². The molecular formula is C22H34Cl4N2O. The molecule has 0 atom stereocenters. The van der Waals surface area contributed by atoms with Gasteiger partial charge in [0.1, 0.15) is 11.5 Å². The highest BCUT2D eigenvalue weighted by molar-refractivity contribution is 6.35. The first kappa shape index (κ1) is 28.6. The van der Waals surface area contributed by atoms with E-state index in [1.54, 1.807) is 12.1 Å². The van der Waals surface area contributed by atoms with Crippen molar-refractivity contribution in [3.05, 3.63) is 46.1 Å². The number of unbranched alkanes of at least 4 members (excludes halogenated alkanes) is 2. The van der Waals surface area contributed by atoms with Gasteiger partial charge in [0.25, 0.3) is 0 Å². The van der Waals surface area contributed by atoms with Crippen molar-refractivity contribution < 1.29 is 4.42 Å². The first-order valence-corrected chi connectivity index (χ1v) is 10.9. The summed E-state index contributed by atoms with van der Waals surface area (Å²) in [6.45, 7) is 9.83. The molecule has 1 heterocycles. The van der Waals surface area contributed by atoms with Crippen molar-refractivity contribution in [2.75, 3.05) is 26.2 Å². The summed E-state index contributed by atoms with van der Waals surface area (Å²) in [5, 5.41) is 4.78. The van der Waals surface area contributed by atoms with Gasteiger partial charge in [0.2, 0.25) is 0 Å². The molecule has 0 amide bonds. The number of nitrogens with zero attached hydrogens (tertiary/aromatic N) is 1. The molecule has 0 fully saturated rings. The maximum Gasteiger partial charge on any atom is 0.135 e. The number of hydrogen-bond acceptors (Lipinski definition) is 3. The van der Waals surface area contributed by atoms with Crippen LogP contribution in [0.25, 0.3) is 11.3 Å². The Hall–Kier alpha value is -0.420. The molecule has 0 aliphatic rings. The van der Waals surface area contributed by atoms with E-state index in [4.69, 9.17) is 27.6 Å². The lowest BCUT2D eigenvalue weighted by Crippen LogP contribution is -2.29. The molecule has 1 aromatic heterocycles. The zero-order valence-electron chi connectivity index (χ0n) is 17.4. The minimum absolute atomic E-state index is 0. The zero-order chi connectivity index (χ0) is 19.5. The van der Waals surface area contributed by atoms with Crippen LogP contribution in [0.2, 0.25) is 10.0 Å². The highest BCUT2D eigenvalue weighted by Gasteiger charge is 2.09. The molecule has 3 nitrogen and oxygen atoms in total. The maximum atomic E-state index is 6.25. The predicted molar refractivity (Wildman–Crippen MR) is 131 cm³/mol. The van der Waals surface area contributed by atoms with Crippen LogP contribution in [0.1, 0.15) is 51.7 Å². The average Bonchev–Trinajstić information content (AvgIpc) is 3.13. The molecule has 0 unspecified atom stereocenters. The first-order valence-electron chi connectivity index (χ1n) is 10.1. The van der Waals surface area contributed by atoms with Crippen LogP contribution < -0.4 is 5.32 Å². The fraction of sp³-hybridized carbons (Fsp3) is 0.545. The summed E-state index contributed by atoms with van der Waals surface area (Å²) in [6, 6.07) is 9.35. The number of benzene rings is 1. The van der Waals surface area contributed by atoms with Crippen molar-refractivity contribution in [1.29, 1.82) is 0 Å². The first-order chi connectivity index (χ1) is 13.1. The van der Waals surface area contributed by atoms with E-state index in [-0.39, 0.29) is 24.8 Å². The van der Waals surface area contributed by atoms with Crippen LogP contribution in [-0.4, -0.2) is 31.1 Å². The van der Waals surface area contributed by atoms with Gasteiger partial charge in [-0.25, -0.2) is 0 Å². The topological polar surface area (TPSA) is 28.4 Å². The Balaban J connectivity index is 0.00000392. The molecule has 0 saturated heterocycles. The van der Waals surface area contributed by atoms with Gasteiger partial charge in [-0.3, -0.25) is 0 Å². The SMILES string of the molecule is CCCCN(CCCC)CCCNCc1ccc(-c2cc(Cl)ccc2Cl)o1.Cl.Cl. The van der Waals surface area contributed by atoms with E-state index in [9.17, 15) is 0 Å². The number of furan rings is 1. The van der Waals surface area contributed by atoms with Crippen molar-refractivity contribution in [3.8, 4) is 11.3 Å². The second kappa shape index (κ2) is 16.3. The summed E-state index contributed by atoms with van der Waals surface area (Å²) in [6.07, 6.45) is 6.26. The number of hydrogen-bond donors (Lipinski definition) is 1. The lowest BCUT2D eigenvalue weighted by Gasteiger charge is -2.21. The van der Waals surface area contributed by atoms with E-state index in [0.29, 0.717) is 10.0 Å². The minimum atomic E-state index is 0. The van der Waals surface area contributed by atoms with Gasteiger partial charge >= 0.3 is 0 Å². The van der Waals surface area contributed by atoms with E-state index in [1.165, 1.54) is 38.8 Å². The number of halogens is 4. The van der Waals surface area contributed by atoms with E-state index in [0.717, 1.165) is 43.1 Å². The van der Waals surface area contributed by atoms with E-state index in [1.807, 2.05) is 18.2 Å². The monoisotopic (exact) mass is 482 g/mol. The van der Waals surface area contributed by atoms with Crippen LogP contribution in [0.4, 0.5) is 0 Å². The van der Waals surface area contributed by atoms with E-state index >= 15 is 0 Å². The summed E-state index contributed by atoms with van der Waals surface area (Å²) in [4.78, 5) is 2.60. The predicted octanol–water partition coefficient (Wildman–Crippen LogP) is 7.48. The molecule has 2 aromatic rings. The Morgan fingerprint density at radius 3 is 2.21 bits per heavy atom. The van der Waals surface area contributed by atoms with Crippen molar-refractivity contribution in [1.82, 2.24) is 10.2 Å². The fourth-order valence-electron chi connectivity index (χ4n) is 3.04. The van der Waals surface area contributed by atoms with Crippen LogP contribution in [-0.2, 0) is 6.54 Å². The standard InChI is InChI=1S/C22H32Cl2N2O.2ClH/c1-3-5-13-26(14-6-4-2)15-7-12-25-17-19-9-11-22(27-19)20-16-18(23)8-10-21(20)24;;/h8-11,16,25H,3-7,12-15,17H2,1-2H3;2*1H. The van der Waals surface area contributed by atoms with Gasteiger partial charge in [-0.05, 0) is 75.8 Å². The smallest absolute Gasteiger partial charge is 0.135 e. The van der Waals surface area contributed by atoms with Gasteiger partial charge < -0.3 is 14.6 Å². The Labute approximate surface area is 198 Å². The van der Waals surface area contributed by atoms with Crippen molar-refractivity contribution in [2.45, 2.75) is 52.5 Å². The molecule has 0 radical (unpaired) electrons. The van der Waals surface area contributed by atoms with Crippen LogP contribution >= 0.6 is 48.0 Å². The molecule has 29 heavy (non-hydrogen) atoms. The van der Waals surface area contributed by atoms with Gasteiger partial charge in [-0.1, -0.05) is 49.9 Å². The molecule has 2 rings (SSSR count). The van der Waals surface area contributed by atoms with Crippen LogP contribution in [0.3, 0.4) is 0 Å². The molecule has 166 valence electrons. The Kier molecular flexibility index (Phi) is 16.1. The van der Waals surface area contributed by atoms with Crippen molar-refractivity contribution >= 4 is 48.0 Å². The maximum absolute atomic E-state index is 6.25. The molecule has 1 aromatic carbocycles. The highest BCUT2D eigenvalue weighted by atomic mass is 35.5. The van der Waals surface area contributed by atoms with Gasteiger partial charge in [-0.15, -0.1) is 24.8 Å². The minimum Gasteiger partial charge on any atom is -0.460 e. The zero-order valence-corrected chi connectivity index (χ0v) is 20.5.